The molecule has 0 aliphatic carbocycles. The standard InChI is InChI=1S/2C5H9NOS2.Pt/c2*8-5(9)6-1-3-7-4-2-6;/h2*1-4H2,(H,8,9);/q;;+2/p-2. The van der Waals surface area contributed by atoms with E-state index in [0.29, 0.717) is 8.64 Å². The van der Waals surface area contributed by atoms with Gasteiger partial charge >= 0.3 is 21.1 Å². The second kappa shape index (κ2) is 11.5. The molecule has 2 rings (SSSR count). The van der Waals surface area contributed by atoms with Crippen molar-refractivity contribution in [2.24, 2.45) is 0 Å². The van der Waals surface area contributed by atoms with E-state index in [9.17, 15) is 0 Å². The normalized spacial score (nSPS) is 18.7. The van der Waals surface area contributed by atoms with Crippen molar-refractivity contribution in [2.45, 2.75) is 0 Å². The Kier molecular flexibility index (Phi) is 12.0. The van der Waals surface area contributed by atoms with Crippen molar-refractivity contribution < 1.29 is 30.5 Å². The first-order valence-electron chi connectivity index (χ1n) is 5.68. The van der Waals surface area contributed by atoms with Crippen LogP contribution in [0.5, 0.6) is 0 Å². The van der Waals surface area contributed by atoms with Gasteiger partial charge in [-0.25, -0.2) is 0 Å². The van der Waals surface area contributed by atoms with Crippen molar-refractivity contribution in [3.05, 3.63) is 0 Å². The summed E-state index contributed by atoms with van der Waals surface area (Å²) in [5.41, 5.74) is 0. The molecule has 0 bridgehead atoms. The zero-order valence-electron chi connectivity index (χ0n) is 10.3. The second-order valence-electron chi connectivity index (χ2n) is 3.73. The SMILES string of the molecule is S=C([S-])N1CCOCC1.S=C([S-])N1CCOCC1.[Pt+2]. The number of hydrogen-bond donors (Lipinski definition) is 0. The smallest absolute Gasteiger partial charge is 0.411 e. The molecule has 0 saturated carbocycles. The molecule has 2 aliphatic heterocycles. The van der Waals surface area contributed by atoms with E-state index >= 15 is 0 Å². The number of thiocarbonyl (C=S) groups is 2. The van der Waals surface area contributed by atoms with Gasteiger partial charge in [-0.05, 0) is 0 Å². The Bertz CT molecular complexity index is 257. The van der Waals surface area contributed by atoms with E-state index in [-0.39, 0.29) is 21.1 Å². The summed E-state index contributed by atoms with van der Waals surface area (Å²) >= 11 is 19.2. The first-order chi connectivity index (χ1) is 8.61. The maximum absolute atomic E-state index is 5.10. The van der Waals surface area contributed by atoms with Crippen LogP contribution >= 0.6 is 24.4 Å². The molecule has 2 aliphatic rings. The fourth-order valence-electron chi connectivity index (χ4n) is 1.49. The average molecular weight is 520 g/mol. The van der Waals surface area contributed by atoms with E-state index < -0.39 is 0 Å². The van der Waals surface area contributed by atoms with Gasteiger partial charge in [0.05, 0.1) is 26.4 Å². The Morgan fingerprint density at radius 2 is 1.00 bits per heavy atom. The van der Waals surface area contributed by atoms with Gasteiger partial charge in [-0.15, -0.1) is 0 Å². The molecule has 0 unspecified atom stereocenters. The minimum Gasteiger partial charge on any atom is -0.411 e. The van der Waals surface area contributed by atoms with Gasteiger partial charge in [-0.1, -0.05) is 8.64 Å². The van der Waals surface area contributed by atoms with E-state index in [1.165, 1.54) is 0 Å². The number of morpholine rings is 2. The van der Waals surface area contributed by atoms with E-state index in [2.05, 4.69) is 0 Å². The number of hydrogen-bond acceptors (Lipinski definition) is 6. The summed E-state index contributed by atoms with van der Waals surface area (Å²) in [5, 5.41) is 0. The van der Waals surface area contributed by atoms with Crippen LogP contribution in [0.3, 0.4) is 0 Å². The molecule has 0 aromatic rings. The molecule has 0 aromatic heterocycles. The van der Waals surface area contributed by atoms with Gasteiger partial charge in [0.25, 0.3) is 0 Å². The van der Waals surface area contributed by atoms with Crippen molar-refractivity contribution in [3.63, 3.8) is 0 Å². The summed E-state index contributed by atoms with van der Waals surface area (Å²) < 4.78 is 11.3. The second-order valence-corrected chi connectivity index (χ2v) is 5.79. The van der Waals surface area contributed by atoms with E-state index in [0.717, 1.165) is 52.6 Å². The molecule has 0 radical (unpaired) electrons. The molecule has 2 saturated heterocycles. The van der Waals surface area contributed by atoms with Crippen molar-refractivity contribution >= 4 is 58.3 Å². The Morgan fingerprint density at radius 3 is 1.16 bits per heavy atom. The van der Waals surface area contributed by atoms with Crippen LogP contribution in [0.1, 0.15) is 0 Å². The van der Waals surface area contributed by atoms with Crippen LogP contribution in [0, 0.1) is 0 Å². The molecule has 9 heteroatoms. The Balaban J connectivity index is 0.000000324. The van der Waals surface area contributed by atoms with Crippen LogP contribution in [0.2, 0.25) is 0 Å². The average Bonchev–Trinajstić information content (AvgIpc) is 2.41. The monoisotopic (exact) mass is 519 g/mol. The fraction of sp³-hybridized carbons (Fsp3) is 0.800. The minimum atomic E-state index is 0. The third-order valence-electron chi connectivity index (χ3n) is 2.54. The first kappa shape index (κ1) is 19.8. The number of rotatable bonds is 0. The van der Waals surface area contributed by atoms with Crippen LogP contribution < -0.4 is 0 Å². The van der Waals surface area contributed by atoms with Crippen LogP contribution in [0.4, 0.5) is 0 Å². The summed E-state index contributed by atoms with van der Waals surface area (Å²) in [4.78, 5) is 3.96. The molecule has 0 amide bonds. The van der Waals surface area contributed by atoms with E-state index in [1.54, 1.807) is 0 Å². The molecule has 112 valence electrons. The third-order valence-corrected chi connectivity index (χ3v) is 3.57. The van der Waals surface area contributed by atoms with Gasteiger partial charge in [0.15, 0.2) is 0 Å². The first-order valence-corrected chi connectivity index (χ1v) is 7.32. The Morgan fingerprint density at radius 1 is 0.737 bits per heavy atom. The Hall–Kier alpha value is 0.828. The molecule has 2 heterocycles. The van der Waals surface area contributed by atoms with Crippen molar-refractivity contribution in [1.82, 2.24) is 9.80 Å². The third kappa shape index (κ3) is 8.65. The maximum Gasteiger partial charge on any atom is 2.00 e. The summed E-state index contributed by atoms with van der Waals surface area (Å²) in [7, 11) is 0. The molecular weight excluding hydrogens is 503 g/mol. The summed E-state index contributed by atoms with van der Waals surface area (Å²) in [5.74, 6) is 0. The van der Waals surface area contributed by atoms with Crippen LogP contribution in [-0.2, 0) is 55.8 Å². The molecule has 19 heavy (non-hydrogen) atoms. The van der Waals surface area contributed by atoms with E-state index in [4.69, 9.17) is 59.2 Å². The summed E-state index contributed by atoms with van der Waals surface area (Å²) in [6.45, 7) is 6.50. The molecular formula is C10H16N2O2PtS4. The molecule has 0 atom stereocenters. The predicted octanol–water partition coefficient (Wildman–Crippen LogP) is 0.298. The number of nitrogens with zero attached hydrogens (tertiary/aromatic N) is 2. The topological polar surface area (TPSA) is 24.9 Å². The fourth-order valence-corrected chi connectivity index (χ4v) is 2.22. The Labute approximate surface area is 150 Å². The molecule has 0 aromatic carbocycles. The van der Waals surface area contributed by atoms with Crippen LogP contribution in [0.15, 0.2) is 0 Å². The van der Waals surface area contributed by atoms with Gasteiger partial charge in [-0.2, -0.15) is 0 Å². The zero-order valence-corrected chi connectivity index (χ0v) is 15.9. The van der Waals surface area contributed by atoms with Crippen LogP contribution in [0.25, 0.3) is 0 Å². The van der Waals surface area contributed by atoms with E-state index in [1.807, 2.05) is 9.80 Å². The quantitative estimate of drug-likeness (QED) is 0.333. The largest absolute Gasteiger partial charge is 2.00 e. The molecule has 2 fully saturated rings. The van der Waals surface area contributed by atoms with Crippen LogP contribution in [-0.4, -0.2) is 71.0 Å². The van der Waals surface area contributed by atoms with Gasteiger partial charge in [-0.3, -0.25) is 0 Å². The summed E-state index contributed by atoms with van der Waals surface area (Å²) in [6, 6.07) is 0. The summed E-state index contributed by atoms with van der Waals surface area (Å²) in [6.07, 6.45) is 0. The zero-order chi connectivity index (χ0) is 13.4. The van der Waals surface area contributed by atoms with Gasteiger partial charge in [0, 0.05) is 26.2 Å². The molecule has 4 nitrogen and oxygen atoms in total. The number of ether oxygens (including phenoxy) is 2. The van der Waals surface area contributed by atoms with Crippen molar-refractivity contribution in [1.29, 1.82) is 0 Å². The molecule has 0 spiro atoms. The van der Waals surface area contributed by atoms with Gasteiger partial charge in [0.1, 0.15) is 0 Å². The maximum atomic E-state index is 5.10. The van der Waals surface area contributed by atoms with Crippen molar-refractivity contribution in [3.8, 4) is 0 Å². The van der Waals surface area contributed by atoms with Crippen molar-refractivity contribution in [2.75, 3.05) is 52.6 Å². The predicted molar refractivity (Wildman–Crippen MR) is 84.7 cm³/mol. The minimum absolute atomic E-state index is 0. The molecule has 0 N–H and O–H groups in total. The van der Waals surface area contributed by atoms with Gasteiger partial charge < -0.3 is 69.0 Å². The van der Waals surface area contributed by atoms with Gasteiger partial charge in [0.2, 0.25) is 0 Å².